The van der Waals surface area contributed by atoms with Crippen molar-refractivity contribution >= 4 is 11.7 Å². The first kappa shape index (κ1) is 13.7. The van der Waals surface area contributed by atoms with Crippen molar-refractivity contribution in [2.24, 2.45) is 10.9 Å². The topological polar surface area (TPSA) is 96.9 Å². The first-order valence-corrected chi connectivity index (χ1v) is 4.83. The SMILES string of the molecule is CC(CC(N)=NO)NC(=O)COC(C)C. The van der Waals surface area contributed by atoms with Crippen LogP contribution in [0.1, 0.15) is 27.2 Å². The Bertz CT molecular complexity index is 229. The predicted octanol–water partition coefficient (Wildman–Crippen LogP) is 0.0526. The van der Waals surface area contributed by atoms with Crippen molar-refractivity contribution in [2.75, 3.05) is 6.61 Å². The quantitative estimate of drug-likeness (QED) is 0.253. The van der Waals surface area contributed by atoms with Crippen LogP contribution < -0.4 is 11.1 Å². The van der Waals surface area contributed by atoms with E-state index in [0.717, 1.165) is 0 Å². The van der Waals surface area contributed by atoms with Gasteiger partial charge in [0.05, 0.1) is 6.10 Å². The van der Waals surface area contributed by atoms with Gasteiger partial charge in [0, 0.05) is 12.5 Å². The molecule has 6 heteroatoms. The summed E-state index contributed by atoms with van der Waals surface area (Å²) in [5.41, 5.74) is 5.29. The van der Waals surface area contributed by atoms with Crippen molar-refractivity contribution in [3.05, 3.63) is 0 Å². The molecule has 0 aromatic carbocycles. The van der Waals surface area contributed by atoms with Crippen LogP contribution in [0, 0.1) is 0 Å². The van der Waals surface area contributed by atoms with E-state index in [-0.39, 0.29) is 30.5 Å². The first-order chi connectivity index (χ1) is 6.95. The molecule has 0 aliphatic carbocycles. The summed E-state index contributed by atoms with van der Waals surface area (Å²) < 4.78 is 5.11. The van der Waals surface area contributed by atoms with E-state index in [2.05, 4.69) is 10.5 Å². The van der Waals surface area contributed by atoms with Crippen LogP contribution in [0.3, 0.4) is 0 Å². The molecule has 0 spiro atoms. The van der Waals surface area contributed by atoms with Gasteiger partial charge in [0.25, 0.3) is 0 Å². The number of nitrogens with zero attached hydrogens (tertiary/aromatic N) is 1. The van der Waals surface area contributed by atoms with Crippen LogP contribution in [0.15, 0.2) is 5.16 Å². The summed E-state index contributed by atoms with van der Waals surface area (Å²) in [5.74, 6) is -0.116. The van der Waals surface area contributed by atoms with Crippen LogP contribution in [-0.4, -0.2) is 35.7 Å². The molecule has 0 aliphatic heterocycles. The molecule has 88 valence electrons. The van der Waals surface area contributed by atoms with Gasteiger partial charge in [-0.1, -0.05) is 5.16 Å². The Kier molecular flexibility index (Phi) is 6.44. The fourth-order valence-corrected chi connectivity index (χ4v) is 0.964. The molecule has 6 nitrogen and oxygen atoms in total. The maximum atomic E-state index is 11.2. The zero-order chi connectivity index (χ0) is 11.8. The second-order valence-corrected chi connectivity index (χ2v) is 3.62. The summed E-state index contributed by atoms with van der Waals surface area (Å²) in [7, 11) is 0. The highest BCUT2D eigenvalue weighted by molar-refractivity contribution is 5.82. The van der Waals surface area contributed by atoms with Gasteiger partial charge in [-0.25, -0.2) is 0 Å². The first-order valence-electron chi connectivity index (χ1n) is 4.83. The maximum Gasteiger partial charge on any atom is 0.246 e. The molecule has 0 rings (SSSR count). The summed E-state index contributed by atoms with van der Waals surface area (Å²) >= 11 is 0. The molecule has 0 fully saturated rings. The van der Waals surface area contributed by atoms with Gasteiger partial charge in [0.1, 0.15) is 12.4 Å². The predicted molar refractivity (Wildman–Crippen MR) is 56.7 cm³/mol. The van der Waals surface area contributed by atoms with Crippen LogP contribution >= 0.6 is 0 Å². The van der Waals surface area contributed by atoms with Crippen LogP contribution in [-0.2, 0) is 9.53 Å². The lowest BCUT2D eigenvalue weighted by Crippen LogP contribution is -2.38. The van der Waals surface area contributed by atoms with Crippen LogP contribution in [0.5, 0.6) is 0 Å². The second-order valence-electron chi connectivity index (χ2n) is 3.62. The number of amidine groups is 1. The van der Waals surface area contributed by atoms with Gasteiger partial charge in [-0.3, -0.25) is 4.79 Å². The molecule has 15 heavy (non-hydrogen) atoms. The summed E-state index contributed by atoms with van der Waals surface area (Å²) in [6.07, 6.45) is 0.333. The van der Waals surface area contributed by atoms with Crippen LogP contribution in [0.2, 0.25) is 0 Å². The molecule has 4 N–H and O–H groups in total. The van der Waals surface area contributed by atoms with Crippen molar-refractivity contribution < 1.29 is 14.7 Å². The summed E-state index contributed by atoms with van der Waals surface area (Å²) in [4.78, 5) is 11.2. The number of amides is 1. The molecule has 0 saturated heterocycles. The summed E-state index contributed by atoms with van der Waals surface area (Å²) in [6.45, 7) is 5.50. The van der Waals surface area contributed by atoms with E-state index in [4.69, 9.17) is 15.7 Å². The molecule has 0 bridgehead atoms. The Hall–Kier alpha value is -1.30. The van der Waals surface area contributed by atoms with E-state index in [1.807, 2.05) is 13.8 Å². The molecule has 0 aromatic rings. The van der Waals surface area contributed by atoms with Gasteiger partial charge in [-0.15, -0.1) is 0 Å². The number of rotatable bonds is 6. The standard InChI is InChI=1S/C9H19N3O3/c1-6(2)15-5-9(13)11-7(3)4-8(10)12-14/h6-7,14H,4-5H2,1-3H3,(H2,10,12)(H,11,13). The average molecular weight is 217 g/mol. The van der Waals surface area contributed by atoms with Gasteiger partial charge < -0.3 is 21.0 Å². The zero-order valence-electron chi connectivity index (χ0n) is 9.36. The Morgan fingerprint density at radius 1 is 1.53 bits per heavy atom. The van der Waals surface area contributed by atoms with E-state index in [9.17, 15) is 4.79 Å². The number of hydrogen-bond donors (Lipinski definition) is 3. The molecule has 1 unspecified atom stereocenters. The minimum absolute atomic E-state index is 0.0233. The minimum atomic E-state index is -0.207. The van der Waals surface area contributed by atoms with E-state index in [1.165, 1.54) is 0 Å². The van der Waals surface area contributed by atoms with E-state index in [0.29, 0.717) is 6.42 Å². The Balaban J connectivity index is 3.76. The fraction of sp³-hybridized carbons (Fsp3) is 0.778. The number of carbonyl (C=O) groups is 1. The molecule has 1 amide bonds. The Labute approximate surface area is 89.5 Å². The van der Waals surface area contributed by atoms with Gasteiger partial charge in [0.2, 0.25) is 5.91 Å². The van der Waals surface area contributed by atoms with Crippen molar-refractivity contribution in [1.82, 2.24) is 5.32 Å². The fourth-order valence-electron chi connectivity index (χ4n) is 0.964. The van der Waals surface area contributed by atoms with Gasteiger partial charge in [0.15, 0.2) is 0 Å². The highest BCUT2D eigenvalue weighted by atomic mass is 16.5. The van der Waals surface area contributed by atoms with Crippen molar-refractivity contribution in [2.45, 2.75) is 39.3 Å². The smallest absolute Gasteiger partial charge is 0.246 e. The summed E-state index contributed by atoms with van der Waals surface area (Å²) in [5, 5.41) is 13.8. The van der Waals surface area contributed by atoms with Crippen molar-refractivity contribution in [1.29, 1.82) is 0 Å². The van der Waals surface area contributed by atoms with Crippen molar-refractivity contribution in [3.8, 4) is 0 Å². The zero-order valence-corrected chi connectivity index (χ0v) is 9.36. The third kappa shape index (κ3) is 7.75. The third-order valence-electron chi connectivity index (χ3n) is 1.60. The number of ether oxygens (including phenoxy) is 1. The molecule has 0 aromatic heterocycles. The minimum Gasteiger partial charge on any atom is -0.409 e. The maximum absolute atomic E-state index is 11.2. The Morgan fingerprint density at radius 3 is 2.60 bits per heavy atom. The van der Waals surface area contributed by atoms with E-state index >= 15 is 0 Å². The average Bonchev–Trinajstić information content (AvgIpc) is 2.14. The third-order valence-corrected chi connectivity index (χ3v) is 1.60. The number of nitrogens with two attached hydrogens (primary N) is 1. The molecule has 1 atom stereocenters. The number of nitrogens with one attached hydrogen (secondary N) is 1. The molecular weight excluding hydrogens is 198 g/mol. The van der Waals surface area contributed by atoms with Gasteiger partial charge >= 0.3 is 0 Å². The van der Waals surface area contributed by atoms with Crippen LogP contribution in [0.25, 0.3) is 0 Å². The lowest BCUT2D eigenvalue weighted by molar-refractivity contribution is -0.127. The molecule has 0 aliphatic rings. The highest BCUT2D eigenvalue weighted by Crippen LogP contribution is 1.92. The monoisotopic (exact) mass is 217 g/mol. The number of oxime groups is 1. The molecule has 0 heterocycles. The second kappa shape index (κ2) is 7.05. The summed E-state index contributed by atoms with van der Waals surface area (Å²) in [6, 6.07) is -0.177. The highest BCUT2D eigenvalue weighted by Gasteiger charge is 2.09. The van der Waals surface area contributed by atoms with E-state index < -0.39 is 0 Å². The number of hydrogen-bond acceptors (Lipinski definition) is 4. The van der Waals surface area contributed by atoms with Crippen LogP contribution in [0.4, 0.5) is 0 Å². The molecular formula is C9H19N3O3. The normalized spacial score (nSPS) is 14.0. The largest absolute Gasteiger partial charge is 0.409 e. The lowest BCUT2D eigenvalue weighted by Gasteiger charge is -2.13. The molecule has 0 saturated carbocycles. The van der Waals surface area contributed by atoms with Gasteiger partial charge in [-0.2, -0.15) is 0 Å². The van der Waals surface area contributed by atoms with Gasteiger partial charge in [-0.05, 0) is 20.8 Å². The lowest BCUT2D eigenvalue weighted by atomic mass is 10.2. The van der Waals surface area contributed by atoms with Crippen molar-refractivity contribution in [3.63, 3.8) is 0 Å². The molecule has 0 radical (unpaired) electrons. The van der Waals surface area contributed by atoms with E-state index in [1.54, 1.807) is 6.92 Å². The number of carbonyl (C=O) groups excluding carboxylic acids is 1. The Morgan fingerprint density at radius 2 is 2.13 bits per heavy atom.